The average Bonchev–Trinajstić information content (AvgIpc) is 2.41. The lowest BCUT2D eigenvalue weighted by atomic mass is 9.80. The highest BCUT2D eigenvalue weighted by atomic mass is 19.2. The van der Waals surface area contributed by atoms with Gasteiger partial charge < -0.3 is 5.11 Å². The minimum atomic E-state index is -1.31. The van der Waals surface area contributed by atoms with Crippen LogP contribution >= 0.6 is 0 Å². The van der Waals surface area contributed by atoms with Gasteiger partial charge in [-0.1, -0.05) is 30.7 Å². The van der Waals surface area contributed by atoms with E-state index in [4.69, 9.17) is 0 Å². The van der Waals surface area contributed by atoms with E-state index in [1.54, 1.807) is 12.1 Å². The van der Waals surface area contributed by atoms with Crippen molar-refractivity contribution in [3.05, 3.63) is 70.5 Å². The van der Waals surface area contributed by atoms with Crippen molar-refractivity contribution in [2.45, 2.75) is 31.3 Å². The molecule has 0 heterocycles. The Morgan fingerprint density at radius 1 is 0.905 bits per heavy atom. The second kappa shape index (κ2) is 5.53. The maximum absolute atomic E-state index is 13.7. The van der Waals surface area contributed by atoms with Crippen molar-refractivity contribution in [1.82, 2.24) is 0 Å². The zero-order chi connectivity index (χ0) is 15.0. The highest BCUT2D eigenvalue weighted by Crippen LogP contribution is 2.37. The molecular weight excluding hydrogens is 277 g/mol. The fourth-order valence-corrected chi connectivity index (χ4v) is 2.62. The molecule has 0 saturated heterocycles. The molecule has 1 N–H and O–H groups in total. The van der Waals surface area contributed by atoms with Gasteiger partial charge in [-0.15, -0.1) is 0 Å². The van der Waals surface area contributed by atoms with Gasteiger partial charge in [-0.3, -0.25) is 0 Å². The Labute approximate surface area is 121 Å². The number of aliphatic hydroxyl groups excluding tert-OH is 1. The Bertz CT molecular complexity index is 648. The zero-order valence-corrected chi connectivity index (χ0v) is 11.3. The molecule has 1 aliphatic rings. The molecule has 0 spiro atoms. The molecule has 3 rings (SSSR count). The maximum atomic E-state index is 13.7. The van der Waals surface area contributed by atoms with E-state index >= 15 is 0 Å². The van der Waals surface area contributed by atoms with E-state index in [2.05, 4.69) is 0 Å². The molecule has 110 valence electrons. The van der Waals surface area contributed by atoms with Crippen molar-refractivity contribution in [2.24, 2.45) is 0 Å². The Hall–Kier alpha value is -1.81. The SMILES string of the molecule is OC(c1ccc(C2CCC2)cc1)c1cc(F)c(F)cc1F. The Kier molecular flexibility index (Phi) is 3.72. The highest BCUT2D eigenvalue weighted by Gasteiger charge is 2.21. The first-order valence-corrected chi connectivity index (χ1v) is 6.98. The predicted molar refractivity (Wildman–Crippen MR) is 73.4 cm³/mol. The summed E-state index contributed by atoms with van der Waals surface area (Å²) in [6, 6.07) is 8.38. The van der Waals surface area contributed by atoms with Crippen molar-refractivity contribution in [3.8, 4) is 0 Å². The Balaban J connectivity index is 1.87. The second-order valence-electron chi connectivity index (χ2n) is 5.48. The van der Waals surface area contributed by atoms with Crippen molar-refractivity contribution in [3.63, 3.8) is 0 Å². The summed E-state index contributed by atoms with van der Waals surface area (Å²) >= 11 is 0. The summed E-state index contributed by atoms with van der Waals surface area (Å²) in [7, 11) is 0. The second-order valence-corrected chi connectivity index (χ2v) is 5.48. The van der Waals surface area contributed by atoms with Crippen LogP contribution in [0.3, 0.4) is 0 Å². The van der Waals surface area contributed by atoms with Gasteiger partial charge in [0.1, 0.15) is 11.9 Å². The maximum Gasteiger partial charge on any atom is 0.161 e. The molecule has 4 heteroatoms. The van der Waals surface area contributed by atoms with Crippen molar-refractivity contribution < 1.29 is 18.3 Å². The van der Waals surface area contributed by atoms with Crippen LogP contribution in [0.5, 0.6) is 0 Å². The van der Waals surface area contributed by atoms with Gasteiger partial charge in [-0.05, 0) is 36.0 Å². The van der Waals surface area contributed by atoms with Gasteiger partial charge in [0.2, 0.25) is 0 Å². The Morgan fingerprint density at radius 2 is 1.52 bits per heavy atom. The molecule has 1 unspecified atom stereocenters. The zero-order valence-electron chi connectivity index (χ0n) is 11.3. The summed E-state index contributed by atoms with van der Waals surface area (Å²) in [5, 5.41) is 10.2. The molecular formula is C17H15F3O. The predicted octanol–water partition coefficient (Wildman–Crippen LogP) is 4.45. The van der Waals surface area contributed by atoms with E-state index in [-0.39, 0.29) is 5.56 Å². The van der Waals surface area contributed by atoms with Gasteiger partial charge in [-0.2, -0.15) is 0 Å². The lowest BCUT2D eigenvalue weighted by Gasteiger charge is -2.26. The van der Waals surface area contributed by atoms with Crippen LogP contribution in [-0.2, 0) is 0 Å². The molecule has 0 aliphatic heterocycles. The standard InChI is InChI=1S/C17H15F3O/c18-14-9-16(20)15(19)8-13(14)17(21)12-6-4-11(5-7-12)10-2-1-3-10/h4-10,17,21H,1-3H2. The number of hydrogen-bond acceptors (Lipinski definition) is 1. The minimum absolute atomic E-state index is 0.259. The largest absolute Gasteiger partial charge is 0.384 e. The van der Waals surface area contributed by atoms with Gasteiger partial charge in [0, 0.05) is 11.6 Å². The van der Waals surface area contributed by atoms with E-state index < -0.39 is 23.6 Å². The van der Waals surface area contributed by atoms with Crippen molar-refractivity contribution >= 4 is 0 Å². The van der Waals surface area contributed by atoms with Crippen LogP contribution in [0.1, 0.15) is 48.0 Å². The topological polar surface area (TPSA) is 20.2 Å². The van der Waals surface area contributed by atoms with E-state index in [1.165, 1.54) is 24.8 Å². The smallest absolute Gasteiger partial charge is 0.161 e. The van der Waals surface area contributed by atoms with Gasteiger partial charge in [0.25, 0.3) is 0 Å². The van der Waals surface area contributed by atoms with Crippen LogP contribution in [0, 0.1) is 17.5 Å². The lowest BCUT2D eigenvalue weighted by molar-refractivity contribution is 0.213. The molecule has 1 aliphatic carbocycles. The van der Waals surface area contributed by atoms with Crippen molar-refractivity contribution in [2.75, 3.05) is 0 Å². The molecule has 0 radical (unpaired) electrons. The van der Waals surface area contributed by atoms with Crippen LogP contribution in [0.25, 0.3) is 0 Å². The number of benzene rings is 2. The Morgan fingerprint density at radius 3 is 2.10 bits per heavy atom. The first-order chi connectivity index (χ1) is 10.1. The third-order valence-electron chi connectivity index (χ3n) is 4.16. The number of rotatable bonds is 3. The average molecular weight is 292 g/mol. The van der Waals surface area contributed by atoms with Crippen LogP contribution < -0.4 is 0 Å². The first-order valence-electron chi connectivity index (χ1n) is 6.98. The molecule has 0 amide bonds. The molecule has 1 saturated carbocycles. The molecule has 1 fully saturated rings. The van der Waals surface area contributed by atoms with Crippen LogP contribution in [0.2, 0.25) is 0 Å². The monoisotopic (exact) mass is 292 g/mol. The summed E-state index contributed by atoms with van der Waals surface area (Å²) in [6.45, 7) is 0. The summed E-state index contributed by atoms with van der Waals surface area (Å²) in [6.07, 6.45) is 2.25. The number of hydrogen-bond donors (Lipinski definition) is 1. The quantitative estimate of drug-likeness (QED) is 0.828. The number of aliphatic hydroxyl groups is 1. The fourth-order valence-electron chi connectivity index (χ4n) is 2.62. The van der Waals surface area contributed by atoms with E-state index in [0.717, 1.165) is 0 Å². The normalized spacial score (nSPS) is 16.6. The van der Waals surface area contributed by atoms with Crippen LogP contribution in [0.15, 0.2) is 36.4 Å². The molecule has 0 bridgehead atoms. The summed E-state index contributed by atoms with van der Waals surface area (Å²) in [5.41, 5.74) is 1.40. The molecule has 2 aromatic rings. The molecule has 1 atom stereocenters. The summed E-state index contributed by atoms with van der Waals surface area (Å²) < 4.78 is 39.8. The lowest BCUT2D eigenvalue weighted by Crippen LogP contribution is -2.09. The number of halogens is 3. The van der Waals surface area contributed by atoms with Crippen molar-refractivity contribution in [1.29, 1.82) is 0 Å². The molecule has 2 aromatic carbocycles. The van der Waals surface area contributed by atoms with Gasteiger partial charge in [0.15, 0.2) is 11.6 Å². The fraction of sp³-hybridized carbons (Fsp3) is 0.294. The van der Waals surface area contributed by atoms with E-state index in [0.29, 0.717) is 23.6 Å². The van der Waals surface area contributed by atoms with Gasteiger partial charge in [0.05, 0.1) is 0 Å². The van der Waals surface area contributed by atoms with E-state index in [9.17, 15) is 18.3 Å². The highest BCUT2D eigenvalue weighted by molar-refractivity contribution is 5.34. The summed E-state index contributed by atoms with van der Waals surface area (Å²) in [4.78, 5) is 0. The van der Waals surface area contributed by atoms with E-state index in [1.807, 2.05) is 12.1 Å². The third kappa shape index (κ3) is 2.68. The van der Waals surface area contributed by atoms with Gasteiger partial charge in [-0.25, -0.2) is 13.2 Å². The molecule has 1 nitrogen and oxygen atoms in total. The first kappa shape index (κ1) is 14.1. The molecule has 21 heavy (non-hydrogen) atoms. The molecule has 0 aromatic heterocycles. The third-order valence-corrected chi connectivity index (χ3v) is 4.16. The van der Waals surface area contributed by atoms with Crippen LogP contribution in [0.4, 0.5) is 13.2 Å². The minimum Gasteiger partial charge on any atom is -0.384 e. The van der Waals surface area contributed by atoms with Gasteiger partial charge >= 0.3 is 0 Å². The summed E-state index contributed by atoms with van der Waals surface area (Å²) in [5.74, 6) is -2.82. The van der Waals surface area contributed by atoms with Crippen LogP contribution in [-0.4, -0.2) is 5.11 Å².